The summed E-state index contributed by atoms with van der Waals surface area (Å²) in [5, 5.41) is 5.21. The van der Waals surface area contributed by atoms with Crippen molar-refractivity contribution in [2.75, 3.05) is 0 Å². The molecule has 8 aromatic rings. The van der Waals surface area contributed by atoms with Crippen LogP contribution in [-0.4, -0.2) is 0 Å². The van der Waals surface area contributed by atoms with Crippen LogP contribution in [0, 0.1) is 0 Å². The molecule has 1 aliphatic rings. The van der Waals surface area contributed by atoms with Crippen molar-refractivity contribution in [2.45, 2.75) is 103 Å². The minimum absolute atomic E-state index is 1.10. The summed E-state index contributed by atoms with van der Waals surface area (Å²) < 4.78 is 0. The lowest BCUT2D eigenvalue weighted by Gasteiger charge is -2.17. The van der Waals surface area contributed by atoms with Crippen molar-refractivity contribution in [1.82, 2.24) is 0 Å². The molecule has 59 heavy (non-hydrogen) atoms. The topological polar surface area (TPSA) is 0 Å². The predicted octanol–water partition coefficient (Wildman–Crippen LogP) is 19.5. The van der Waals surface area contributed by atoms with Gasteiger partial charge in [0.05, 0.1) is 0 Å². The van der Waals surface area contributed by atoms with Gasteiger partial charge in [0.2, 0.25) is 0 Å². The van der Waals surface area contributed by atoms with Gasteiger partial charge in [-0.1, -0.05) is 291 Å². The number of hydrogen-bond donors (Lipinski definition) is 0. The van der Waals surface area contributed by atoms with Gasteiger partial charge >= 0.3 is 0 Å². The standard InChI is InChI=1S/C26H18.C13H10.C6H6.7C2H6/c1-3-11-19(12-4-1)25-21-15-7-9-17-23(21)26(20-13-5-2-6-14-20)24-18-10-8-16-22(24)25;1-3-7-12-10(5-1)9-11-6-2-4-8-13(11)12;1-2-4-6-5-3-1;7*1-2/h1-18H;1-8H,9H2;1-6H;7*1-2H3. The largest absolute Gasteiger partial charge is 0.0683 e. The number of hydrogen-bond acceptors (Lipinski definition) is 0. The van der Waals surface area contributed by atoms with E-state index in [-0.39, 0.29) is 0 Å². The van der Waals surface area contributed by atoms with Crippen LogP contribution in [0.5, 0.6) is 0 Å². The van der Waals surface area contributed by atoms with E-state index in [2.05, 4.69) is 158 Å². The lowest BCUT2D eigenvalue weighted by atomic mass is 9.86. The molecule has 0 heterocycles. The summed E-state index contributed by atoms with van der Waals surface area (Å²) in [5.41, 5.74) is 10.9. The van der Waals surface area contributed by atoms with Gasteiger partial charge in [0.1, 0.15) is 0 Å². The van der Waals surface area contributed by atoms with Gasteiger partial charge in [-0.15, -0.1) is 0 Å². The van der Waals surface area contributed by atoms with E-state index >= 15 is 0 Å². The number of rotatable bonds is 2. The SMILES string of the molecule is CC.CC.CC.CC.CC.CC.CC.c1ccc(-c2c3ccccc3c(-c3ccccc3)c3ccccc23)cc1.c1ccc2c(c1)Cc1ccccc1-2.c1ccccc1. The lowest BCUT2D eigenvalue weighted by Crippen LogP contribution is -1.90. The zero-order valence-corrected chi connectivity index (χ0v) is 39.2. The van der Waals surface area contributed by atoms with Crippen LogP contribution in [0.15, 0.2) is 194 Å². The van der Waals surface area contributed by atoms with Crippen LogP contribution in [0.4, 0.5) is 0 Å². The van der Waals surface area contributed by atoms with Gasteiger partial charge in [-0.25, -0.2) is 0 Å². The molecule has 0 amide bonds. The van der Waals surface area contributed by atoms with Crippen LogP contribution in [0.25, 0.3) is 54.9 Å². The van der Waals surface area contributed by atoms with Crippen LogP contribution in [0.1, 0.15) is 108 Å². The Kier molecular flexibility index (Phi) is 31.0. The van der Waals surface area contributed by atoms with E-state index < -0.39 is 0 Å². The molecular formula is C59H76. The van der Waals surface area contributed by atoms with Crippen molar-refractivity contribution < 1.29 is 0 Å². The number of fused-ring (bicyclic) bond motifs is 5. The van der Waals surface area contributed by atoms with Crippen LogP contribution in [0.3, 0.4) is 0 Å². The summed E-state index contributed by atoms with van der Waals surface area (Å²) in [7, 11) is 0. The van der Waals surface area contributed by atoms with Crippen molar-refractivity contribution >= 4 is 21.5 Å². The molecule has 0 bridgehead atoms. The fourth-order valence-electron chi connectivity index (χ4n) is 6.42. The van der Waals surface area contributed by atoms with E-state index in [0.29, 0.717) is 0 Å². The molecule has 0 radical (unpaired) electrons. The van der Waals surface area contributed by atoms with Crippen molar-refractivity contribution in [1.29, 1.82) is 0 Å². The van der Waals surface area contributed by atoms with E-state index in [4.69, 9.17) is 0 Å². The van der Waals surface area contributed by atoms with Gasteiger partial charge in [0.25, 0.3) is 0 Å². The van der Waals surface area contributed by atoms with E-state index in [1.807, 2.05) is 133 Å². The molecule has 0 aromatic heterocycles. The molecular weight excluding hydrogens is 709 g/mol. The van der Waals surface area contributed by atoms with E-state index in [9.17, 15) is 0 Å². The van der Waals surface area contributed by atoms with Crippen molar-refractivity contribution in [3.05, 3.63) is 205 Å². The maximum absolute atomic E-state index is 2.25. The predicted molar refractivity (Wildman–Crippen MR) is 273 cm³/mol. The van der Waals surface area contributed by atoms with Crippen LogP contribution < -0.4 is 0 Å². The third-order valence-corrected chi connectivity index (χ3v) is 8.43. The van der Waals surface area contributed by atoms with Gasteiger partial charge < -0.3 is 0 Å². The normalized spacial score (nSPS) is 9.12. The second kappa shape index (κ2) is 34.3. The molecule has 0 saturated heterocycles. The molecule has 0 saturated carbocycles. The second-order valence-corrected chi connectivity index (χ2v) is 11.2. The molecule has 0 N–H and O–H groups in total. The highest BCUT2D eigenvalue weighted by atomic mass is 14.2. The van der Waals surface area contributed by atoms with E-state index in [0.717, 1.165) is 6.42 Å². The summed E-state index contributed by atoms with van der Waals surface area (Å²) in [5.74, 6) is 0. The molecule has 0 spiro atoms. The fraction of sp³-hybridized carbons (Fsp3) is 0.254. The minimum atomic E-state index is 1.10. The maximum atomic E-state index is 2.25. The number of benzene rings is 8. The molecule has 0 fully saturated rings. The molecule has 0 unspecified atom stereocenters. The van der Waals surface area contributed by atoms with Gasteiger partial charge in [-0.05, 0) is 72.5 Å². The zero-order chi connectivity index (χ0) is 44.3. The highest BCUT2D eigenvalue weighted by Crippen LogP contribution is 2.43. The van der Waals surface area contributed by atoms with Gasteiger partial charge in [0, 0.05) is 0 Å². The Morgan fingerprint density at radius 3 is 0.695 bits per heavy atom. The first-order valence-electron chi connectivity index (χ1n) is 22.6. The Labute approximate surface area is 362 Å². The van der Waals surface area contributed by atoms with Gasteiger partial charge in [0.15, 0.2) is 0 Å². The summed E-state index contributed by atoms with van der Waals surface area (Å²) in [4.78, 5) is 0. The minimum Gasteiger partial charge on any atom is -0.0683 e. The summed E-state index contributed by atoms with van der Waals surface area (Å²) in [6, 6.07) is 68.3. The summed E-state index contributed by atoms with van der Waals surface area (Å²) in [6.45, 7) is 28.0. The Morgan fingerprint density at radius 1 is 0.220 bits per heavy atom. The molecule has 8 aromatic carbocycles. The quantitative estimate of drug-likeness (QED) is 0.153. The molecule has 0 heteroatoms. The molecule has 312 valence electrons. The van der Waals surface area contributed by atoms with E-state index in [1.54, 1.807) is 0 Å². The first-order valence-corrected chi connectivity index (χ1v) is 22.6. The smallest absolute Gasteiger partial charge is 0.00135 e. The van der Waals surface area contributed by atoms with Crippen LogP contribution in [-0.2, 0) is 6.42 Å². The van der Waals surface area contributed by atoms with Gasteiger partial charge in [-0.2, -0.15) is 0 Å². The first-order chi connectivity index (χ1) is 29.4. The first kappa shape index (κ1) is 53.3. The molecule has 1 aliphatic carbocycles. The van der Waals surface area contributed by atoms with E-state index in [1.165, 1.54) is 66.1 Å². The van der Waals surface area contributed by atoms with Crippen molar-refractivity contribution in [2.24, 2.45) is 0 Å². The lowest BCUT2D eigenvalue weighted by molar-refractivity contribution is 1.26. The van der Waals surface area contributed by atoms with Crippen LogP contribution in [0.2, 0.25) is 0 Å². The van der Waals surface area contributed by atoms with Crippen molar-refractivity contribution in [3.8, 4) is 33.4 Å². The fourth-order valence-corrected chi connectivity index (χ4v) is 6.42. The third-order valence-electron chi connectivity index (χ3n) is 8.43. The molecule has 0 atom stereocenters. The third kappa shape index (κ3) is 15.5. The van der Waals surface area contributed by atoms with Crippen molar-refractivity contribution in [3.63, 3.8) is 0 Å². The monoisotopic (exact) mass is 785 g/mol. The Morgan fingerprint density at radius 2 is 0.424 bits per heavy atom. The summed E-state index contributed by atoms with van der Waals surface area (Å²) >= 11 is 0. The average Bonchev–Trinajstić information content (AvgIpc) is 3.75. The Hall–Kier alpha value is -5.72. The molecule has 9 rings (SSSR count). The highest BCUT2D eigenvalue weighted by Gasteiger charge is 2.17. The zero-order valence-electron chi connectivity index (χ0n) is 39.2. The molecule has 0 nitrogen and oxygen atoms in total. The summed E-state index contributed by atoms with van der Waals surface area (Å²) in [6.07, 6.45) is 1.10. The van der Waals surface area contributed by atoms with Gasteiger partial charge in [-0.3, -0.25) is 0 Å². The molecule has 0 aliphatic heterocycles. The average molecular weight is 785 g/mol. The Bertz CT molecular complexity index is 1940. The maximum Gasteiger partial charge on any atom is -0.00135 e. The van der Waals surface area contributed by atoms with Crippen LogP contribution >= 0.6 is 0 Å². The Balaban J connectivity index is 0.000000853. The highest BCUT2D eigenvalue weighted by molar-refractivity contribution is 6.21. The second-order valence-electron chi connectivity index (χ2n) is 11.2.